The topological polar surface area (TPSA) is 52.7 Å². The molecule has 2 amide bonds. The average molecular weight is 315 g/mol. The highest BCUT2D eigenvalue weighted by Gasteiger charge is 2.49. The summed E-state index contributed by atoms with van der Waals surface area (Å²) in [4.78, 5) is 28.7. The number of nitrogens with zero attached hydrogens (tertiary/aromatic N) is 2. The first-order chi connectivity index (χ1) is 11.2. The van der Waals surface area contributed by atoms with E-state index < -0.39 is 0 Å². The number of anilines is 1. The zero-order valence-corrected chi connectivity index (χ0v) is 13.7. The molecule has 2 unspecified atom stereocenters. The van der Waals surface area contributed by atoms with Crippen molar-refractivity contribution in [3.05, 3.63) is 30.3 Å². The number of hydrogen-bond acceptors (Lipinski definition) is 3. The second-order valence-corrected chi connectivity index (χ2v) is 6.39. The van der Waals surface area contributed by atoms with E-state index in [9.17, 15) is 9.59 Å². The molecule has 124 valence electrons. The molecule has 1 aromatic rings. The molecule has 1 heterocycles. The van der Waals surface area contributed by atoms with Crippen LogP contribution in [0.15, 0.2) is 30.3 Å². The molecule has 1 saturated heterocycles. The second kappa shape index (κ2) is 7.02. The lowest BCUT2D eigenvalue weighted by atomic mass is 10.2. The molecule has 2 aliphatic rings. The van der Waals surface area contributed by atoms with E-state index in [0.29, 0.717) is 13.0 Å². The Morgan fingerprint density at radius 3 is 2.43 bits per heavy atom. The van der Waals surface area contributed by atoms with Crippen LogP contribution in [0.2, 0.25) is 0 Å². The molecule has 0 bridgehead atoms. The summed E-state index contributed by atoms with van der Waals surface area (Å²) in [6.07, 6.45) is 1.64. The normalized spacial score (nSPS) is 23.5. The summed E-state index contributed by atoms with van der Waals surface area (Å²) in [5.74, 6) is 0.0267. The minimum absolute atomic E-state index is 0.0492. The number of nitrogens with one attached hydrogen (secondary N) is 1. The zero-order chi connectivity index (χ0) is 16.2. The van der Waals surface area contributed by atoms with Crippen LogP contribution in [0.5, 0.6) is 0 Å². The van der Waals surface area contributed by atoms with Crippen LogP contribution in [0.1, 0.15) is 19.8 Å². The number of carbonyl (C=O) groups is 2. The molecule has 2 atom stereocenters. The van der Waals surface area contributed by atoms with Crippen molar-refractivity contribution in [1.82, 2.24) is 10.2 Å². The average Bonchev–Trinajstić information content (AvgIpc) is 3.41. The van der Waals surface area contributed by atoms with Gasteiger partial charge >= 0.3 is 0 Å². The Balaban J connectivity index is 1.47. The van der Waals surface area contributed by atoms with E-state index >= 15 is 0 Å². The summed E-state index contributed by atoms with van der Waals surface area (Å²) in [6.45, 7) is 5.93. The summed E-state index contributed by atoms with van der Waals surface area (Å²) in [5, 5.41) is 2.89. The highest BCUT2D eigenvalue weighted by Crippen LogP contribution is 2.40. The van der Waals surface area contributed by atoms with Crippen LogP contribution in [0.4, 0.5) is 5.69 Å². The third-order valence-electron chi connectivity index (χ3n) is 4.71. The lowest BCUT2D eigenvalue weighted by Gasteiger charge is -2.36. The lowest BCUT2D eigenvalue weighted by Crippen LogP contribution is -2.49. The highest BCUT2D eigenvalue weighted by molar-refractivity contribution is 5.92. The minimum atomic E-state index is -0.0961. The molecule has 1 aliphatic heterocycles. The Morgan fingerprint density at radius 2 is 1.78 bits per heavy atom. The molecule has 3 rings (SSSR count). The summed E-state index contributed by atoms with van der Waals surface area (Å²) < 4.78 is 0. The maximum Gasteiger partial charge on any atom is 0.226 e. The van der Waals surface area contributed by atoms with Gasteiger partial charge in [0.05, 0.1) is 11.8 Å². The Morgan fingerprint density at radius 1 is 1.09 bits per heavy atom. The van der Waals surface area contributed by atoms with E-state index in [0.717, 1.165) is 32.6 Å². The predicted octanol–water partition coefficient (Wildman–Crippen LogP) is 1.50. The van der Waals surface area contributed by atoms with Gasteiger partial charge in [0.1, 0.15) is 0 Å². The molecule has 1 N–H and O–H groups in total. The van der Waals surface area contributed by atoms with E-state index in [1.807, 2.05) is 30.0 Å². The second-order valence-electron chi connectivity index (χ2n) is 6.39. The third kappa shape index (κ3) is 3.66. The number of piperazine rings is 1. The van der Waals surface area contributed by atoms with Crippen LogP contribution in [0, 0.1) is 11.8 Å². The fourth-order valence-electron chi connectivity index (χ4n) is 3.20. The summed E-state index contributed by atoms with van der Waals surface area (Å²) in [5.41, 5.74) is 1.21. The van der Waals surface area contributed by atoms with Crippen LogP contribution >= 0.6 is 0 Å². The number of rotatable bonds is 5. The van der Waals surface area contributed by atoms with Crippen molar-refractivity contribution in [2.45, 2.75) is 19.8 Å². The molecular formula is C18H25N3O2. The van der Waals surface area contributed by atoms with Gasteiger partial charge < -0.3 is 15.1 Å². The van der Waals surface area contributed by atoms with Crippen molar-refractivity contribution in [3.8, 4) is 0 Å². The molecule has 0 radical (unpaired) electrons. The van der Waals surface area contributed by atoms with Crippen LogP contribution < -0.4 is 10.2 Å². The predicted molar refractivity (Wildman–Crippen MR) is 90.1 cm³/mol. The largest absolute Gasteiger partial charge is 0.368 e. The molecule has 5 heteroatoms. The molecule has 2 fully saturated rings. The third-order valence-corrected chi connectivity index (χ3v) is 4.71. The molecular weight excluding hydrogens is 290 g/mol. The lowest BCUT2D eigenvalue weighted by molar-refractivity contribution is -0.135. The summed E-state index contributed by atoms with van der Waals surface area (Å²) in [6, 6.07) is 10.3. The summed E-state index contributed by atoms with van der Waals surface area (Å²) in [7, 11) is 0. The first kappa shape index (κ1) is 15.8. The van der Waals surface area contributed by atoms with Crippen LogP contribution in [-0.2, 0) is 9.59 Å². The quantitative estimate of drug-likeness (QED) is 0.896. The summed E-state index contributed by atoms with van der Waals surface area (Å²) >= 11 is 0. The van der Waals surface area contributed by atoms with E-state index in [1.165, 1.54) is 5.69 Å². The molecule has 5 nitrogen and oxygen atoms in total. The minimum Gasteiger partial charge on any atom is -0.368 e. The van der Waals surface area contributed by atoms with Gasteiger partial charge in [-0.25, -0.2) is 0 Å². The van der Waals surface area contributed by atoms with Crippen molar-refractivity contribution in [3.63, 3.8) is 0 Å². The maximum atomic E-state index is 12.5. The highest BCUT2D eigenvalue weighted by atomic mass is 16.2. The SMILES string of the molecule is CCCNC(=O)C1CC1C(=O)N1CCN(c2ccccc2)CC1. The van der Waals surface area contributed by atoms with E-state index in [2.05, 4.69) is 22.3 Å². The van der Waals surface area contributed by atoms with Crippen molar-refractivity contribution in [2.24, 2.45) is 11.8 Å². The van der Waals surface area contributed by atoms with Gasteiger partial charge in [0.2, 0.25) is 11.8 Å². The fraction of sp³-hybridized carbons (Fsp3) is 0.556. The van der Waals surface area contributed by atoms with E-state index in [1.54, 1.807) is 0 Å². The van der Waals surface area contributed by atoms with Gasteiger partial charge in [-0.15, -0.1) is 0 Å². The standard InChI is InChI=1S/C18H25N3O2/c1-2-8-19-17(22)15-13-16(15)18(23)21-11-9-20(10-12-21)14-6-4-3-5-7-14/h3-7,15-16H,2,8-13H2,1H3,(H,19,22). The zero-order valence-electron chi connectivity index (χ0n) is 13.7. The Labute approximate surface area is 137 Å². The molecule has 1 aliphatic carbocycles. The van der Waals surface area contributed by atoms with Gasteiger partial charge in [-0.3, -0.25) is 9.59 Å². The van der Waals surface area contributed by atoms with Crippen LogP contribution in [-0.4, -0.2) is 49.4 Å². The monoisotopic (exact) mass is 315 g/mol. The van der Waals surface area contributed by atoms with Crippen molar-refractivity contribution in [1.29, 1.82) is 0 Å². The molecule has 0 spiro atoms. The Bertz CT molecular complexity index is 553. The van der Waals surface area contributed by atoms with Gasteiger partial charge in [-0.2, -0.15) is 0 Å². The van der Waals surface area contributed by atoms with Crippen LogP contribution in [0.25, 0.3) is 0 Å². The first-order valence-corrected chi connectivity index (χ1v) is 8.57. The number of hydrogen-bond donors (Lipinski definition) is 1. The first-order valence-electron chi connectivity index (χ1n) is 8.57. The van der Waals surface area contributed by atoms with Gasteiger partial charge in [0, 0.05) is 38.4 Å². The van der Waals surface area contributed by atoms with Crippen LogP contribution in [0.3, 0.4) is 0 Å². The van der Waals surface area contributed by atoms with Crippen molar-refractivity contribution >= 4 is 17.5 Å². The van der Waals surface area contributed by atoms with Crippen molar-refractivity contribution in [2.75, 3.05) is 37.6 Å². The van der Waals surface area contributed by atoms with Crippen molar-refractivity contribution < 1.29 is 9.59 Å². The maximum absolute atomic E-state index is 12.5. The Hall–Kier alpha value is -2.04. The number of para-hydroxylation sites is 1. The van der Waals surface area contributed by atoms with Gasteiger partial charge in [-0.1, -0.05) is 25.1 Å². The molecule has 1 saturated carbocycles. The number of amides is 2. The van der Waals surface area contributed by atoms with Gasteiger partial charge in [0.25, 0.3) is 0 Å². The van der Waals surface area contributed by atoms with Gasteiger partial charge in [0.15, 0.2) is 0 Å². The number of benzene rings is 1. The fourth-order valence-corrected chi connectivity index (χ4v) is 3.20. The van der Waals surface area contributed by atoms with E-state index in [-0.39, 0.29) is 23.7 Å². The smallest absolute Gasteiger partial charge is 0.226 e. The Kier molecular flexibility index (Phi) is 4.84. The van der Waals surface area contributed by atoms with E-state index in [4.69, 9.17) is 0 Å². The molecule has 23 heavy (non-hydrogen) atoms. The molecule has 1 aromatic carbocycles. The molecule has 0 aromatic heterocycles. The van der Waals surface area contributed by atoms with Gasteiger partial charge in [-0.05, 0) is 25.0 Å². The number of carbonyl (C=O) groups excluding carboxylic acids is 2.